The molecule has 0 saturated carbocycles. The Morgan fingerprint density at radius 3 is 2.78 bits per heavy atom. The minimum absolute atomic E-state index is 0.153. The van der Waals surface area contributed by atoms with Crippen LogP contribution in [0.2, 0.25) is 0 Å². The number of halogens is 2. The molecule has 0 spiro atoms. The second kappa shape index (κ2) is 6.23. The van der Waals surface area contributed by atoms with Gasteiger partial charge in [0.1, 0.15) is 24.1 Å². The van der Waals surface area contributed by atoms with E-state index in [9.17, 15) is 23.2 Å². The van der Waals surface area contributed by atoms with Gasteiger partial charge in [-0.3, -0.25) is 9.09 Å². The number of phosphoric ester groups is 1. The van der Waals surface area contributed by atoms with Gasteiger partial charge >= 0.3 is 13.5 Å². The van der Waals surface area contributed by atoms with Gasteiger partial charge in [0.15, 0.2) is 0 Å². The van der Waals surface area contributed by atoms with Crippen molar-refractivity contribution in [1.82, 2.24) is 9.55 Å². The number of aliphatic hydroxyl groups excluding tert-OH is 1. The Morgan fingerprint density at radius 2 is 2.22 bits per heavy atom. The van der Waals surface area contributed by atoms with Gasteiger partial charge in [0.05, 0.1) is 13.2 Å². The molecule has 23 heavy (non-hydrogen) atoms. The van der Waals surface area contributed by atoms with Gasteiger partial charge in [-0.05, 0) is 6.07 Å². The molecule has 1 unspecified atom stereocenters. The van der Waals surface area contributed by atoms with Gasteiger partial charge in [0, 0.05) is 6.20 Å². The number of anilines is 1. The van der Waals surface area contributed by atoms with Crippen molar-refractivity contribution >= 4 is 13.6 Å². The first-order valence-electron chi connectivity index (χ1n) is 6.24. The molecule has 10 nitrogen and oxygen atoms in total. The third-order valence-electron chi connectivity index (χ3n) is 3.25. The molecule has 130 valence electrons. The highest BCUT2D eigenvalue weighted by Gasteiger charge is 2.55. The Bertz CT molecular complexity index is 679. The van der Waals surface area contributed by atoms with Crippen molar-refractivity contribution in [3.63, 3.8) is 0 Å². The van der Waals surface area contributed by atoms with Gasteiger partial charge in [-0.15, -0.1) is 0 Å². The average Bonchev–Trinajstić information content (AvgIpc) is 2.41. The van der Waals surface area contributed by atoms with E-state index in [1.54, 1.807) is 0 Å². The quantitative estimate of drug-likeness (QED) is 0.489. The molecule has 1 aliphatic rings. The summed E-state index contributed by atoms with van der Waals surface area (Å²) >= 11 is 0. The Balaban J connectivity index is 2.21. The van der Waals surface area contributed by atoms with E-state index in [-0.39, 0.29) is 5.82 Å². The number of nitrogens with zero attached hydrogens (tertiary/aromatic N) is 2. The lowest BCUT2D eigenvalue weighted by Gasteiger charge is -2.40. The summed E-state index contributed by atoms with van der Waals surface area (Å²) in [5.74, 6) is -3.98. The van der Waals surface area contributed by atoms with Gasteiger partial charge in [0.2, 0.25) is 0 Å². The molecule has 5 N–H and O–H groups in total. The molecule has 1 aromatic heterocycles. The zero-order valence-electron chi connectivity index (χ0n) is 11.5. The molecular weight excluding hydrogens is 343 g/mol. The van der Waals surface area contributed by atoms with Gasteiger partial charge in [-0.25, -0.2) is 18.1 Å². The molecule has 0 radical (unpaired) electrons. The van der Waals surface area contributed by atoms with Crippen LogP contribution in [0.25, 0.3) is 0 Å². The van der Waals surface area contributed by atoms with Crippen molar-refractivity contribution in [2.24, 2.45) is 0 Å². The number of alkyl halides is 2. The summed E-state index contributed by atoms with van der Waals surface area (Å²) in [6.45, 7) is -1.65. The summed E-state index contributed by atoms with van der Waals surface area (Å²) in [5, 5.41) is 9.70. The number of aliphatic hydroxyl groups is 1. The van der Waals surface area contributed by atoms with E-state index in [0.717, 1.165) is 12.3 Å². The molecule has 0 aromatic carbocycles. The Labute approximate surface area is 127 Å². The van der Waals surface area contributed by atoms with Crippen molar-refractivity contribution in [2.75, 3.05) is 18.9 Å². The van der Waals surface area contributed by atoms with Crippen molar-refractivity contribution in [3.05, 3.63) is 22.7 Å². The van der Waals surface area contributed by atoms with Crippen LogP contribution in [-0.4, -0.2) is 55.8 Å². The lowest BCUT2D eigenvalue weighted by molar-refractivity contribution is -0.242. The third kappa shape index (κ3) is 3.91. The molecule has 2 rings (SSSR count). The van der Waals surface area contributed by atoms with Crippen molar-refractivity contribution < 1.29 is 37.5 Å². The number of rotatable bonds is 4. The monoisotopic (exact) mass is 357 g/mol. The Hall–Kier alpha value is -1.43. The van der Waals surface area contributed by atoms with Crippen LogP contribution in [0, 0.1) is 0 Å². The summed E-state index contributed by atoms with van der Waals surface area (Å²) in [4.78, 5) is 32.1. The molecular formula is C10H14F2N3O7P. The first-order chi connectivity index (χ1) is 10.5. The Morgan fingerprint density at radius 1 is 1.57 bits per heavy atom. The summed E-state index contributed by atoms with van der Waals surface area (Å²) in [5.41, 5.74) is 4.23. The molecule has 2 heterocycles. The highest BCUT2D eigenvalue weighted by atomic mass is 31.2. The fraction of sp³-hybridized carbons (Fsp3) is 0.600. The summed E-state index contributed by atoms with van der Waals surface area (Å²) in [6, 6.07) is -0.725. The van der Waals surface area contributed by atoms with Crippen LogP contribution in [0.15, 0.2) is 17.1 Å². The van der Waals surface area contributed by atoms with E-state index >= 15 is 0 Å². The van der Waals surface area contributed by atoms with Crippen molar-refractivity contribution in [3.8, 4) is 0 Å². The van der Waals surface area contributed by atoms with Gasteiger partial charge in [0.25, 0.3) is 5.92 Å². The van der Waals surface area contributed by atoms with Crippen LogP contribution in [0.1, 0.15) is 6.04 Å². The van der Waals surface area contributed by atoms with Crippen molar-refractivity contribution in [2.45, 2.75) is 24.2 Å². The van der Waals surface area contributed by atoms with Crippen LogP contribution < -0.4 is 11.4 Å². The first-order valence-corrected chi connectivity index (χ1v) is 7.77. The van der Waals surface area contributed by atoms with E-state index in [1.807, 2.05) is 0 Å². The topological polar surface area (TPSA) is 157 Å². The minimum atomic E-state index is -4.90. The first kappa shape index (κ1) is 17.9. The fourth-order valence-corrected chi connectivity index (χ4v) is 2.44. The average molecular weight is 357 g/mol. The molecule has 0 aliphatic carbocycles. The van der Waals surface area contributed by atoms with Crippen LogP contribution in [0.4, 0.5) is 14.6 Å². The molecule has 1 saturated heterocycles. The van der Waals surface area contributed by atoms with Crippen LogP contribution >= 0.6 is 7.82 Å². The second-order valence-electron chi connectivity index (χ2n) is 4.84. The number of nitrogen functional groups attached to an aromatic ring is 1. The van der Waals surface area contributed by atoms with E-state index < -0.39 is 50.9 Å². The number of hydrogen-bond donors (Lipinski definition) is 4. The maximum atomic E-state index is 14.3. The predicted octanol–water partition coefficient (Wildman–Crippen LogP) is -1.13. The van der Waals surface area contributed by atoms with E-state index in [2.05, 4.69) is 9.51 Å². The summed E-state index contributed by atoms with van der Waals surface area (Å²) in [7, 11) is -4.90. The van der Waals surface area contributed by atoms with Crippen molar-refractivity contribution in [1.29, 1.82) is 0 Å². The third-order valence-corrected chi connectivity index (χ3v) is 3.74. The highest BCUT2D eigenvalue weighted by Crippen LogP contribution is 2.41. The van der Waals surface area contributed by atoms with E-state index in [0.29, 0.717) is 4.57 Å². The van der Waals surface area contributed by atoms with Crippen LogP contribution in [0.5, 0.6) is 0 Å². The maximum Gasteiger partial charge on any atom is 0.469 e. The number of ether oxygens (including phenoxy) is 1. The zero-order chi connectivity index (χ0) is 17.4. The molecule has 1 fully saturated rings. The zero-order valence-corrected chi connectivity index (χ0v) is 12.3. The molecule has 3 atom stereocenters. The molecule has 1 aliphatic heterocycles. The van der Waals surface area contributed by atoms with Gasteiger partial charge in [-0.2, -0.15) is 4.98 Å². The van der Waals surface area contributed by atoms with E-state index in [1.165, 1.54) is 0 Å². The molecule has 0 bridgehead atoms. The lowest BCUT2D eigenvalue weighted by atomic mass is 9.97. The number of hydrogen-bond acceptors (Lipinski definition) is 7. The number of nitrogens with two attached hydrogens (primary N) is 1. The molecule has 13 heteroatoms. The predicted molar refractivity (Wildman–Crippen MR) is 70.6 cm³/mol. The fourth-order valence-electron chi connectivity index (χ4n) is 2.10. The maximum absolute atomic E-state index is 14.3. The summed E-state index contributed by atoms with van der Waals surface area (Å²) in [6.07, 6.45) is -3.13. The SMILES string of the molecule is Nc1ccn(C2CO[C@H](COP(=O)(O)O)[C@H](O)C2(F)F)c(=O)n1. The minimum Gasteiger partial charge on any atom is -0.384 e. The van der Waals surface area contributed by atoms with Crippen LogP contribution in [0.3, 0.4) is 0 Å². The van der Waals surface area contributed by atoms with Gasteiger partial charge in [-0.1, -0.05) is 0 Å². The molecule has 1 aromatic rings. The number of aromatic nitrogens is 2. The number of phosphoric acid groups is 1. The van der Waals surface area contributed by atoms with E-state index in [4.69, 9.17) is 20.3 Å². The summed E-state index contributed by atoms with van der Waals surface area (Å²) < 4.78 is 48.8. The normalized spacial score (nSPS) is 27.8. The van der Waals surface area contributed by atoms with Crippen LogP contribution in [-0.2, 0) is 13.8 Å². The highest BCUT2D eigenvalue weighted by molar-refractivity contribution is 7.46. The molecule has 0 amide bonds. The van der Waals surface area contributed by atoms with Gasteiger partial charge < -0.3 is 25.4 Å². The Kier molecular flexibility index (Phi) is 4.85. The largest absolute Gasteiger partial charge is 0.469 e. The standard InChI is InChI=1S/C10H14F2N3O7P/c11-10(12)6(15-2-1-7(13)14-9(15)17)4-21-5(8(10)16)3-22-23(18,19)20/h1-2,5-6,8,16H,3-4H2,(H2,13,14,17)(H2,18,19,20)/t5-,6?,8+/m1/s1. The lowest BCUT2D eigenvalue weighted by Crippen LogP contribution is -2.58. The second-order valence-corrected chi connectivity index (χ2v) is 6.07. The smallest absolute Gasteiger partial charge is 0.384 e.